The summed E-state index contributed by atoms with van der Waals surface area (Å²) in [6.45, 7) is 7.42. The Kier molecular flexibility index (Phi) is 4.11. The molecule has 1 atom stereocenters. The Hall–Kier alpha value is -2.17. The lowest BCUT2D eigenvalue weighted by Crippen LogP contribution is -2.38. The zero-order chi connectivity index (χ0) is 15.6. The monoisotopic (exact) mass is 290 g/mol. The first-order valence-corrected chi connectivity index (χ1v) is 7.03. The molecule has 1 heterocycles. The third-order valence-electron chi connectivity index (χ3n) is 3.04. The number of hydrogen-bond donors (Lipinski definition) is 3. The molecular formula is C16H22N2O3. The van der Waals surface area contributed by atoms with Gasteiger partial charge in [-0.05, 0) is 57.9 Å². The van der Waals surface area contributed by atoms with Gasteiger partial charge in [0, 0.05) is 23.1 Å². The van der Waals surface area contributed by atoms with Crippen LogP contribution < -0.4 is 5.32 Å². The molecule has 5 nitrogen and oxygen atoms in total. The average Bonchev–Trinajstić information content (AvgIpc) is 2.69. The maximum Gasteiger partial charge on any atom is 0.407 e. The second-order valence-electron chi connectivity index (χ2n) is 6.30. The number of aromatic hydroxyl groups is 1. The van der Waals surface area contributed by atoms with E-state index < -0.39 is 11.7 Å². The molecule has 0 saturated carbocycles. The Morgan fingerprint density at radius 1 is 1.43 bits per heavy atom. The first-order chi connectivity index (χ1) is 9.74. The van der Waals surface area contributed by atoms with Gasteiger partial charge in [-0.25, -0.2) is 4.79 Å². The van der Waals surface area contributed by atoms with Gasteiger partial charge in [-0.15, -0.1) is 0 Å². The van der Waals surface area contributed by atoms with E-state index in [-0.39, 0.29) is 11.8 Å². The van der Waals surface area contributed by atoms with E-state index in [1.165, 1.54) is 0 Å². The summed E-state index contributed by atoms with van der Waals surface area (Å²) in [6, 6.07) is 5.13. The van der Waals surface area contributed by atoms with Crippen LogP contribution in [0.15, 0.2) is 24.4 Å². The van der Waals surface area contributed by atoms with E-state index in [9.17, 15) is 9.90 Å². The van der Waals surface area contributed by atoms with Gasteiger partial charge in [0.2, 0.25) is 0 Å². The fourth-order valence-corrected chi connectivity index (χ4v) is 2.22. The lowest BCUT2D eigenvalue weighted by molar-refractivity contribution is 0.0508. The molecule has 0 bridgehead atoms. The Balaban J connectivity index is 2.03. The zero-order valence-electron chi connectivity index (χ0n) is 12.9. The number of ether oxygens (including phenoxy) is 1. The van der Waals surface area contributed by atoms with E-state index in [0.717, 1.165) is 16.5 Å². The van der Waals surface area contributed by atoms with Gasteiger partial charge in [-0.3, -0.25) is 0 Å². The molecule has 0 unspecified atom stereocenters. The van der Waals surface area contributed by atoms with Crippen molar-refractivity contribution in [3.8, 4) is 5.75 Å². The lowest BCUT2D eigenvalue weighted by Gasteiger charge is -2.21. The summed E-state index contributed by atoms with van der Waals surface area (Å²) < 4.78 is 5.24. The minimum atomic E-state index is -0.504. The standard InChI is InChI=1S/C16H22N2O3/c1-10(18-15(20)21-16(2,3)4)7-11-9-17-14-6-5-12(19)8-13(11)14/h5-6,8-10,17,19H,7H2,1-4H3,(H,18,20)/t10-/m1/s1. The molecule has 1 aromatic carbocycles. The minimum absolute atomic E-state index is 0.0683. The van der Waals surface area contributed by atoms with Crippen LogP contribution in [-0.4, -0.2) is 27.8 Å². The number of amides is 1. The number of hydrogen-bond acceptors (Lipinski definition) is 3. The fourth-order valence-electron chi connectivity index (χ4n) is 2.22. The summed E-state index contributed by atoms with van der Waals surface area (Å²) in [5.41, 5.74) is 1.51. The van der Waals surface area contributed by atoms with Crippen LogP contribution in [0.4, 0.5) is 4.79 Å². The first kappa shape index (κ1) is 15.2. The van der Waals surface area contributed by atoms with E-state index in [2.05, 4.69) is 10.3 Å². The summed E-state index contributed by atoms with van der Waals surface area (Å²) in [7, 11) is 0. The number of aromatic amines is 1. The number of benzene rings is 1. The Labute approximate surface area is 124 Å². The van der Waals surface area contributed by atoms with Gasteiger partial charge in [0.1, 0.15) is 11.4 Å². The second kappa shape index (κ2) is 5.68. The van der Waals surface area contributed by atoms with Crippen LogP contribution in [0.3, 0.4) is 0 Å². The summed E-state index contributed by atoms with van der Waals surface area (Å²) in [5, 5.41) is 13.4. The van der Waals surface area contributed by atoms with Crippen molar-refractivity contribution in [1.82, 2.24) is 10.3 Å². The van der Waals surface area contributed by atoms with Gasteiger partial charge >= 0.3 is 6.09 Å². The third-order valence-corrected chi connectivity index (χ3v) is 3.04. The highest BCUT2D eigenvalue weighted by Gasteiger charge is 2.18. The van der Waals surface area contributed by atoms with Crippen LogP contribution in [0.2, 0.25) is 0 Å². The van der Waals surface area contributed by atoms with Crippen LogP contribution in [0, 0.1) is 0 Å². The third kappa shape index (κ3) is 4.15. The van der Waals surface area contributed by atoms with Crippen LogP contribution >= 0.6 is 0 Å². The Morgan fingerprint density at radius 2 is 2.14 bits per heavy atom. The van der Waals surface area contributed by atoms with Crippen molar-refractivity contribution in [2.75, 3.05) is 0 Å². The van der Waals surface area contributed by atoms with Crippen molar-refractivity contribution >= 4 is 17.0 Å². The molecule has 0 aliphatic rings. The summed E-state index contributed by atoms with van der Waals surface area (Å²) in [4.78, 5) is 14.9. The summed E-state index contributed by atoms with van der Waals surface area (Å²) in [6.07, 6.45) is 2.14. The van der Waals surface area contributed by atoms with Gasteiger partial charge in [-0.1, -0.05) is 0 Å². The minimum Gasteiger partial charge on any atom is -0.508 e. The zero-order valence-corrected chi connectivity index (χ0v) is 12.9. The lowest BCUT2D eigenvalue weighted by atomic mass is 10.1. The van der Waals surface area contributed by atoms with Gasteiger partial charge in [0.15, 0.2) is 0 Å². The molecule has 2 aromatic rings. The molecule has 0 radical (unpaired) electrons. The molecule has 0 aliphatic heterocycles. The van der Waals surface area contributed by atoms with Gasteiger partial charge in [-0.2, -0.15) is 0 Å². The van der Waals surface area contributed by atoms with E-state index in [4.69, 9.17) is 4.74 Å². The second-order valence-corrected chi connectivity index (χ2v) is 6.30. The predicted molar refractivity (Wildman–Crippen MR) is 82.5 cm³/mol. The molecular weight excluding hydrogens is 268 g/mol. The maximum atomic E-state index is 11.7. The highest BCUT2D eigenvalue weighted by Crippen LogP contribution is 2.23. The highest BCUT2D eigenvalue weighted by molar-refractivity contribution is 5.84. The highest BCUT2D eigenvalue weighted by atomic mass is 16.6. The van der Waals surface area contributed by atoms with Crippen molar-refractivity contribution in [1.29, 1.82) is 0 Å². The molecule has 114 valence electrons. The SMILES string of the molecule is C[C@H](Cc1c[nH]c2ccc(O)cc12)NC(=O)OC(C)(C)C. The quantitative estimate of drug-likeness (QED) is 0.811. The van der Waals surface area contributed by atoms with E-state index in [1.807, 2.05) is 40.0 Å². The van der Waals surface area contributed by atoms with Gasteiger partial charge in [0.05, 0.1) is 0 Å². The largest absolute Gasteiger partial charge is 0.508 e. The summed E-state index contributed by atoms with van der Waals surface area (Å²) in [5.74, 6) is 0.233. The molecule has 0 aliphatic carbocycles. The molecule has 0 saturated heterocycles. The maximum absolute atomic E-state index is 11.7. The number of aromatic nitrogens is 1. The normalized spacial score (nSPS) is 13.1. The number of carbonyl (C=O) groups is 1. The van der Waals surface area contributed by atoms with E-state index in [0.29, 0.717) is 6.42 Å². The van der Waals surface area contributed by atoms with Crippen molar-refractivity contribution in [2.24, 2.45) is 0 Å². The van der Waals surface area contributed by atoms with Crippen molar-refractivity contribution < 1.29 is 14.6 Å². The van der Waals surface area contributed by atoms with Crippen molar-refractivity contribution in [3.05, 3.63) is 30.0 Å². The van der Waals surface area contributed by atoms with Crippen molar-refractivity contribution in [2.45, 2.75) is 45.8 Å². The number of fused-ring (bicyclic) bond motifs is 1. The van der Waals surface area contributed by atoms with Crippen LogP contribution in [0.5, 0.6) is 5.75 Å². The van der Waals surface area contributed by atoms with Crippen LogP contribution in [-0.2, 0) is 11.2 Å². The number of carbonyl (C=O) groups excluding carboxylic acids is 1. The topological polar surface area (TPSA) is 74.4 Å². The summed E-state index contributed by atoms with van der Waals surface area (Å²) >= 11 is 0. The molecule has 3 N–H and O–H groups in total. The van der Waals surface area contributed by atoms with Crippen LogP contribution in [0.25, 0.3) is 10.9 Å². The first-order valence-electron chi connectivity index (χ1n) is 7.03. The number of alkyl carbamates (subject to hydrolysis) is 1. The smallest absolute Gasteiger partial charge is 0.407 e. The Bertz CT molecular complexity index is 640. The number of nitrogens with one attached hydrogen (secondary N) is 2. The van der Waals surface area contributed by atoms with E-state index >= 15 is 0 Å². The fraction of sp³-hybridized carbons (Fsp3) is 0.438. The number of rotatable bonds is 3. The number of phenols is 1. The Morgan fingerprint density at radius 3 is 2.81 bits per heavy atom. The van der Waals surface area contributed by atoms with E-state index in [1.54, 1.807) is 12.1 Å². The van der Waals surface area contributed by atoms with Gasteiger partial charge in [0.25, 0.3) is 0 Å². The average molecular weight is 290 g/mol. The predicted octanol–water partition coefficient (Wildman–Crippen LogP) is 3.33. The number of H-pyrrole nitrogens is 1. The molecule has 1 aromatic heterocycles. The molecule has 0 spiro atoms. The molecule has 5 heteroatoms. The number of phenolic OH excluding ortho intramolecular Hbond substituents is 1. The van der Waals surface area contributed by atoms with Crippen LogP contribution in [0.1, 0.15) is 33.3 Å². The molecule has 2 rings (SSSR count). The van der Waals surface area contributed by atoms with Gasteiger partial charge < -0.3 is 20.1 Å². The molecule has 21 heavy (non-hydrogen) atoms. The molecule has 1 amide bonds. The molecule has 0 fully saturated rings. The van der Waals surface area contributed by atoms with Crippen molar-refractivity contribution in [3.63, 3.8) is 0 Å².